The van der Waals surface area contributed by atoms with E-state index in [9.17, 15) is 9.90 Å². The van der Waals surface area contributed by atoms with Gasteiger partial charge in [-0.2, -0.15) is 0 Å². The van der Waals surface area contributed by atoms with Crippen molar-refractivity contribution in [1.82, 2.24) is 0 Å². The van der Waals surface area contributed by atoms with Gasteiger partial charge in [-0.3, -0.25) is 4.79 Å². The zero-order valence-corrected chi connectivity index (χ0v) is 9.53. The highest BCUT2D eigenvalue weighted by Crippen LogP contribution is 2.38. The van der Waals surface area contributed by atoms with Crippen LogP contribution in [0.5, 0.6) is 0 Å². The Hall–Kier alpha value is -1.32. The summed E-state index contributed by atoms with van der Waals surface area (Å²) in [6, 6.07) is 0. The number of nitrogens with zero attached hydrogens (tertiary/aromatic N) is 1. The lowest BCUT2D eigenvalue weighted by Gasteiger charge is -2.33. The Kier molecular flexibility index (Phi) is 2.88. The quantitative estimate of drug-likeness (QED) is 0.397. The van der Waals surface area contributed by atoms with Gasteiger partial charge in [0.25, 0.3) is 0 Å². The first-order valence-electron chi connectivity index (χ1n) is 4.98. The summed E-state index contributed by atoms with van der Waals surface area (Å²) in [5, 5.41) is 21.5. The fraction of sp³-hybridized carbons (Fsp3) is 0.636. The van der Waals surface area contributed by atoms with E-state index in [2.05, 4.69) is 5.16 Å². The molecular weight excluding hydrogens is 194 g/mol. The van der Waals surface area contributed by atoms with Gasteiger partial charge in [-0.1, -0.05) is 25.9 Å². The van der Waals surface area contributed by atoms with E-state index in [4.69, 9.17) is 5.21 Å². The van der Waals surface area contributed by atoms with Crippen LogP contribution in [0.1, 0.15) is 34.1 Å². The Morgan fingerprint density at radius 1 is 1.53 bits per heavy atom. The van der Waals surface area contributed by atoms with Crippen LogP contribution in [0.3, 0.4) is 0 Å². The third-order valence-corrected chi connectivity index (χ3v) is 2.89. The highest BCUT2D eigenvalue weighted by molar-refractivity contribution is 6.23. The van der Waals surface area contributed by atoms with Gasteiger partial charge in [-0.15, -0.1) is 0 Å². The Morgan fingerprint density at radius 3 is 2.53 bits per heavy atom. The first-order chi connectivity index (χ1) is 6.81. The third-order valence-electron chi connectivity index (χ3n) is 2.89. The van der Waals surface area contributed by atoms with Crippen molar-refractivity contribution in [3.63, 3.8) is 0 Å². The minimum absolute atomic E-state index is 0.0367. The van der Waals surface area contributed by atoms with E-state index >= 15 is 0 Å². The molecule has 0 saturated carbocycles. The smallest absolute Gasteiger partial charge is 0.173 e. The van der Waals surface area contributed by atoms with E-state index in [1.807, 2.05) is 20.8 Å². The molecule has 2 N–H and O–H groups in total. The first-order valence-corrected chi connectivity index (χ1v) is 4.98. The molecule has 0 fully saturated rings. The number of hydrogen-bond donors (Lipinski definition) is 2. The molecule has 0 saturated heterocycles. The molecule has 0 aliphatic heterocycles. The molecule has 0 spiro atoms. The normalized spacial score (nSPS) is 27.1. The molecule has 0 bridgehead atoms. The standard InChI is InChI=1S/C11H17NO3/c1-6-5-11(3,4)10(14)8(9(6)13)7(2)12-15/h6,13,15H,5H2,1-4H3/b12-7-. The zero-order chi connectivity index (χ0) is 11.8. The number of hydrogen-bond acceptors (Lipinski definition) is 4. The Morgan fingerprint density at radius 2 is 2.07 bits per heavy atom. The Labute approximate surface area is 89.3 Å². The molecule has 1 atom stereocenters. The van der Waals surface area contributed by atoms with Gasteiger partial charge in [0.1, 0.15) is 5.76 Å². The monoisotopic (exact) mass is 211 g/mol. The van der Waals surface area contributed by atoms with E-state index in [1.54, 1.807) is 0 Å². The van der Waals surface area contributed by atoms with Gasteiger partial charge in [0.15, 0.2) is 5.78 Å². The lowest BCUT2D eigenvalue weighted by molar-refractivity contribution is -0.124. The number of ketones is 1. The predicted octanol–water partition coefficient (Wildman–Crippen LogP) is 2.28. The van der Waals surface area contributed by atoms with Crippen LogP contribution in [0.25, 0.3) is 0 Å². The highest BCUT2D eigenvalue weighted by atomic mass is 16.4. The van der Waals surface area contributed by atoms with Crippen LogP contribution >= 0.6 is 0 Å². The summed E-state index contributed by atoms with van der Waals surface area (Å²) in [6.45, 7) is 7.04. The molecule has 1 rings (SSSR count). The molecule has 1 aliphatic rings. The van der Waals surface area contributed by atoms with Crippen molar-refractivity contribution < 1.29 is 15.1 Å². The van der Waals surface area contributed by atoms with Gasteiger partial charge < -0.3 is 10.3 Å². The molecule has 0 aromatic carbocycles. The minimum Gasteiger partial charge on any atom is -0.511 e. The van der Waals surface area contributed by atoms with Crippen molar-refractivity contribution in [1.29, 1.82) is 0 Å². The van der Waals surface area contributed by atoms with E-state index in [0.717, 1.165) is 0 Å². The molecule has 1 aliphatic carbocycles. The number of allylic oxidation sites excluding steroid dienone is 2. The van der Waals surface area contributed by atoms with Crippen molar-refractivity contribution in [2.24, 2.45) is 16.5 Å². The lowest BCUT2D eigenvalue weighted by atomic mass is 9.70. The zero-order valence-electron chi connectivity index (χ0n) is 9.53. The average Bonchev–Trinajstić information content (AvgIpc) is 2.14. The van der Waals surface area contributed by atoms with Crippen LogP contribution in [0, 0.1) is 11.3 Å². The van der Waals surface area contributed by atoms with Gasteiger partial charge in [0.05, 0.1) is 11.3 Å². The molecule has 15 heavy (non-hydrogen) atoms. The van der Waals surface area contributed by atoms with E-state index in [0.29, 0.717) is 6.42 Å². The van der Waals surface area contributed by atoms with Crippen molar-refractivity contribution in [3.8, 4) is 0 Å². The lowest BCUT2D eigenvalue weighted by Crippen LogP contribution is -2.36. The SMILES string of the molecule is C/C(=N/O)C1=C(O)C(C)CC(C)(C)C1=O. The first kappa shape index (κ1) is 11.8. The maximum Gasteiger partial charge on any atom is 0.173 e. The fourth-order valence-electron chi connectivity index (χ4n) is 2.06. The van der Waals surface area contributed by atoms with E-state index < -0.39 is 5.41 Å². The number of rotatable bonds is 1. The molecule has 0 amide bonds. The number of aliphatic hydroxyl groups excluding tert-OH is 1. The van der Waals surface area contributed by atoms with Gasteiger partial charge in [-0.05, 0) is 13.3 Å². The summed E-state index contributed by atoms with van der Waals surface area (Å²) in [5.41, 5.74) is -0.161. The molecule has 0 aromatic rings. The summed E-state index contributed by atoms with van der Waals surface area (Å²) < 4.78 is 0. The van der Waals surface area contributed by atoms with Gasteiger partial charge in [0.2, 0.25) is 0 Å². The second-order valence-electron chi connectivity index (χ2n) is 4.76. The fourth-order valence-corrected chi connectivity index (χ4v) is 2.06. The minimum atomic E-state index is -0.507. The highest BCUT2D eigenvalue weighted by Gasteiger charge is 2.40. The topological polar surface area (TPSA) is 69.9 Å². The summed E-state index contributed by atoms with van der Waals surface area (Å²) in [5.74, 6) is -0.201. The van der Waals surface area contributed by atoms with Crippen LogP contribution in [-0.2, 0) is 4.79 Å². The molecule has 4 nitrogen and oxygen atoms in total. The number of aliphatic hydroxyl groups is 1. The van der Waals surface area contributed by atoms with E-state index in [-0.39, 0.29) is 28.7 Å². The van der Waals surface area contributed by atoms with Gasteiger partial charge in [-0.25, -0.2) is 0 Å². The maximum absolute atomic E-state index is 12.0. The Bertz CT molecular complexity index is 353. The van der Waals surface area contributed by atoms with E-state index in [1.165, 1.54) is 6.92 Å². The number of Topliss-reactive ketones (excluding diaryl/α,β-unsaturated/α-hetero) is 1. The average molecular weight is 211 g/mol. The van der Waals surface area contributed by atoms with Crippen LogP contribution in [0.15, 0.2) is 16.5 Å². The van der Waals surface area contributed by atoms with Crippen molar-refractivity contribution in [2.45, 2.75) is 34.1 Å². The predicted molar refractivity (Wildman–Crippen MR) is 57.1 cm³/mol. The molecule has 4 heteroatoms. The van der Waals surface area contributed by atoms with Crippen LogP contribution in [0.2, 0.25) is 0 Å². The van der Waals surface area contributed by atoms with Gasteiger partial charge in [0, 0.05) is 11.3 Å². The van der Waals surface area contributed by atoms with Crippen LogP contribution < -0.4 is 0 Å². The molecule has 0 heterocycles. The second kappa shape index (κ2) is 3.68. The van der Waals surface area contributed by atoms with Crippen LogP contribution in [-0.4, -0.2) is 21.8 Å². The second-order valence-corrected chi connectivity index (χ2v) is 4.76. The van der Waals surface area contributed by atoms with Crippen molar-refractivity contribution in [3.05, 3.63) is 11.3 Å². The molecule has 84 valence electrons. The molecule has 0 aromatic heterocycles. The summed E-state index contributed by atoms with van der Waals surface area (Å²) in [4.78, 5) is 12.0. The number of carbonyl (C=O) groups excluding carboxylic acids is 1. The number of oxime groups is 1. The van der Waals surface area contributed by atoms with Crippen molar-refractivity contribution in [2.75, 3.05) is 0 Å². The molecular formula is C11H17NO3. The summed E-state index contributed by atoms with van der Waals surface area (Å²) in [7, 11) is 0. The van der Waals surface area contributed by atoms with Gasteiger partial charge >= 0.3 is 0 Å². The molecule has 1 unspecified atom stereocenters. The third kappa shape index (κ3) is 1.89. The number of carbonyl (C=O) groups is 1. The largest absolute Gasteiger partial charge is 0.511 e. The summed E-state index contributed by atoms with van der Waals surface area (Å²) in [6.07, 6.45) is 0.611. The maximum atomic E-state index is 12.0. The molecule has 0 radical (unpaired) electrons. The van der Waals surface area contributed by atoms with Crippen molar-refractivity contribution >= 4 is 11.5 Å². The Balaban J connectivity index is 3.31. The summed E-state index contributed by atoms with van der Waals surface area (Å²) >= 11 is 0. The van der Waals surface area contributed by atoms with Crippen LogP contribution in [0.4, 0.5) is 0 Å².